The number of hydrogen-bond acceptors (Lipinski definition) is 3. The van der Waals surface area contributed by atoms with Crippen LogP contribution in [0.1, 0.15) is 6.42 Å². The highest BCUT2D eigenvalue weighted by Crippen LogP contribution is 2.16. The van der Waals surface area contributed by atoms with E-state index in [1.54, 1.807) is 7.05 Å². The van der Waals surface area contributed by atoms with Gasteiger partial charge in [-0.2, -0.15) is 13.2 Å². The summed E-state index contributed by atoms with van der Waals surface area (Å²) in [7, 11) is 1.60. The molecule has 0 aliphatic rings. The van der Waals surface area contributed by atoms with Crippen LogP contribution in [0.3, 0.4) is 0 Å². The van der Waals surface area contributed by atoms with Crippen LogP contribution in [0, 0.1) is 0 Å². The van der Waals surface area contributed by atoms with Crippen molar-refractivity contribution in [1.29, 1.82) is 0 Å². The Labute approximate surface area is 86.1 Å². The Balaban J connectivity index is 4.18. The van der Waals surface area contributed by atoms with E-state index in [-0.39, 0.29) is 13.0 Å². The first kappa shape index (κ1) is 14.2. The zero-order chi connectivity index (χ0) is 11.9. The summed E-state index contributed by atoms with van der Waals surface area (Å²) < 4.78 is 36.1. The van der Waals surface area contributed by atoms with Crippen molar-refractivity contribution in [3.63, 3.8) is 0 Å². The second kappa shape index (κ2) is 6.62. The maximum Gasteiger partial charge on any atom is 0.406 e. The lowest BCUT2D eigenvalue weighted by Gasteiger charge is -2.23. The van der Waals surface area contributed by atoms with Crippen molar-refractivity contribution in [2.75, 3.05) is 33.3 Å². The number of nitrogens with one attached hydrogen (secondary N) is 1. The minimum absolute atomic E-state index is 0.00736. The van der Waals surface area contributed by atoms with Gasteiger partial charge in [0.05, 0.1) is 6.61 Å². The number of rotatable bonds is 6. The van der Waals surface area contributed by atoms with Crippen LogP contribution in [0.15, 0.2) is 0 Å². The number of aliphatic hydroxyl groups is 1. The van der Waals surface area contributed by atoms with Gasteiger partial charge >= 0.3 is 6.18 Å². The average molecular weight is 228 g/mol. The minimum Gasteiger partial charge on any atom is -0.395 e. The van der Waals surface area contributed by atoms with Crippen molar-refractivity contribution < 1.29 is 23.1 Å². The molecular formula is C8H15F3N2O2. The van der Waals surface area contributed by atoms with E-state index in [4.69, 9.17) is 5.11 Å². The zero-order valence-corrected chi connectivity index (χ0v) is 8.47. The number of hydrogen-bond donors (Lipinski definition) is 2. The molecule has 0 atom stereocenters. The molecule has 0 saturated carbocycles. The molecule has 4 nitrogen and oxygen atoms in total. The van der Waals surface area contributed by atoms with E-state index in [1.165, 1.54) is 0 Å². The van der Waals surface area contributed by atoms with Crippen LogP contribution in [0.4, 0.5) is 13.2 Å². The molecule has 0 heterocycles. The van der Waals surface area contributed by atoms with E-state index in [0.717, 1.165) is 0 Å². The number of amides is 1. The summed E-state index contributed by atoms with van der Waals surface area (Å²) in [4.78, 5) is 11.9. The molecule has 0 spiro atoms. The molecule has 0 aromatic carbocycles. The second-order valence-electron chi connectivity index (χ2n) is 3.01. The van der Waals surface area contributed by atoms with Crippen molar-refractivity contribution in [2.45, 2.75) is 12.6 Å². The normalized spacial score (nSPS) is 11.5. The Morgan fingerprint density at radius 2 is 2.07 bits per heavy atom. The number of alkyl halides is 3. The molecule has 15 heavy (non-hydrogen) atoms. The predicted octanol–water partition coefficient (Wildman–Crippen LogP) is -0.0209. The standard InChI is InChI=1S/C8H15F3N2O2/c1-12-3-2-7(15)13(4-5-14)6-8(9,10)11/h12,14H,2-6H2,1H3. The van der Waals surface area contributed by atoms with Crippen LogP contribution < -0.4 is 5.32 Å². The summed E-state index contributed by atoms with van der Waals surface area (Å²) in [5.74, 6) is -0.615. The summed E-state index contributed by atoms with van der Waals surface area (Å²) >= 11 is 0. The predicted molar refractivity (Wildman–Crippen MR) is 48.3 cm³/mol. The van der Waals surface area contributed by atoms with Crippen molar-refractivity contribution in [2.24, 2.45) is 0 Å². The van der Waals surface area contributed by atoms with Crippen molar-refractivity contribution in [3.05, 3.63) is 0 Å². The summed E-state index contributed by atoms with van der Waals surface area (Å²) in [5, 5.41) is 11.2. The molecule has 0 aromatic rings. The first-order valence-electron chi connectivity index (χ1n) is 4.50. The van der Waals surface area contributed by atoms with Crippen molar-refractivity contribution in [3.8, 4) is 0 Å². The van der Waals surface area contributed by atoms with E-state index in [1.807, 2.05) is 0 Å². The third kappa shape index (κ3) is 7.15. The van der Waals surface area contributed by atoms with Crippen LogP contribution in [-0.2, 0) is 4.79 Å². The first-order valence-corrected chi connectivity index (χ1v) is 4.50. The number of aliphatic hydroxyl groups excluding tert-OH is 1. The van der Waals surface area contributed by atoms with Crippen LogP contribution in [0.25, 0.3) is 0 Å². The minimum atomic E-state index is -4.43. The van der Waals surface area contributed by atoms with Crippen molar-refractivity contribution in [1.82, 2.24) is 10.2 Å². The first-order chi connectivity index (χ1) is 6.90. The van der Waals surface area contributed by atoms with Gasteiger partial charge in [0.1, 0.15) is 6.54 Å². The summed E-state index contributed by atoms with van der Waals surface area (Å²) in [6, 6.07) is 0. The molecular weight excluding hydrogens is 213 g/mol. The van der Waals surface area contributed by atoms with Gasteiger partial charge in [-0.25, -0.2) is 0 Å². The number of halogens is 3. The van der Waals surface area contributed by atoms with E-state index in [0.29, 0.717) is 11.4 Å². The van der Waals surface area contributed by atoms with Crippen LogP contribution in [0.5, 0.6) is 0 Å². The lowest BCUT2D eigenvalue weighted by Crippen LogP contribution is -2.41. The van der Waals surface area contributed by atoms with Crippen LogP contribution in [0.2, 0.25) is 0 Å². The lowest BCUT2D eigenvalue weighted by atomic mass is 10.3. The molecule has 0 unspecified atom stereocenters. The molecule has 0 aromatic heterocycles. The van der Waals surface area contributed by atoms with Gasteiger partial charge in [-0.3, -0.25) is 4.79 Å². The Morgan fingerprint density at radius 1 is 1.47 bits per heavy atom. The van der Waals surface area contributed by atoms with Gasteiger partial charge in [-0.15, -0.1) is 0 Å². The fourth-order valence-corrected chi connectivity index (χ4v) is 1.02. The monoisotopic (exact) mass is 228 g/mol. The summed E-state index contributed by atoms with van der Waals surface area (Å²) in [6.07, 6.45) is -4.43. The highest BCUT2D eigenvalue weighted by atomic mass is 19.4. The van der Waals surface area contributed by atoms with Gasteiger partial charge in [0.25, 0.3) is 0 Å². The summed E-state index contributed by atoms with van der Waals surface area (Å²) in [5.41, 5.74) is 0. The molecule has 0 aliphatic carbocycles. The Kier molecular flexibility index (Phi) is 6.26. The van der Waals surface area contributed by atoms with Crippen LogP contribution >= 0.6 is 0 Å². The molecule has 90 valence electrons. The van der Waals surface area contributed by atoms with E-state index >= 15 is 0 Å². The fourth-order valence-electron chi connectivity index (χ4n) is 1.02. The molecule has 0 bridgehead atoms. The molecule has 0 rings (SSSR count). The maximum absolute atomic E-state index is 12.0. The highest BCUT2D eigenvalue weighted by molar-refractivity contribution is 5.76. The third-order valence-electron chi connectivity index (χ3n) is 1.68. The van der Waals surface area contributed by atoms with E-state index in [2.05, 4.69) is 5.32 Å². The molecule has 0 aliphatic heterocycles. The van der Waals surface area contributed by atoms with E-state index < -0.39 is 25.2 Å². The van der Waals surface area contributed by atoms with Gasteiger partial charge in [0.2, 0.25) is 5.91 Å². The van der Waals surface area contributed by atoms with Crippen LogP contribution in [-0.4, -0.2) is 55.4 Å². The molecule has 1 amide bonds. The number of nitrogens with zero attached hydrogens (tertiary/aromatic N) is 1. The number of carbonyl (C=O) groups is 1. The van der Waals surface area contributed by atoms with Crippen molar-refractivity contribution >= 4 is 5.91 Å². The SMILES string of the molecule is CNCCC(=O)N(CCO)CC(F)(F)F. The Morgan fingerprint density at radius 3 is 2.47 bits per heavy atom. The van der Waals surface area contributed by atoms with E-state index in [9.17, 15) is 18.0 Å². The second-order valence-corrected chi connectivity index (χ2v) is 3.01. The smallest absolute Gasteiger partial charge is 0.395 e. The largest absolute Gasteiger partial charge is 0.406 e. The maximum atomic E-state index is 12.0. The Hall–Kier alpha value is -0.820. The topological polar surface area (TPSA) is 52.6 Å². The van der Waals surface area contributed by atoms with Gasteiger partial charge in [0, 0.05) is 19.5 Å². The molecule has 7 heteroatoms. The number of carbonyl (C=O) groups excluding carboxylic acids is 1. The third-order valence-corrected chi connectivity index (χ3v) is 1.68. The van der Waals surface area contributed by atoms with Gasteiger partial charge in [0.15, 0.2) is 0 Å². The highest BCUT2D eigenvalue weighted by Gasteiger charge is 2.32. The lowest BCUT2D eigenvalue weighted by molar-refractivity contribution is -0.161. The quantitative estimate of drug-likeness (QED) is 0.671. The van der Waals surface area contributed by atoms with Gasteiger partial charge < -0.3 is 15.3 Å². The molecule has 0 saturated heterocycles. The summed E-state index contributed by atoms with van der Waals surface area (Å²) in [6.45, 7) is -1.75. The average Bonchev–Trinajstić information content (AvgIpc) is 2.11. The zero-order valence-electron chi connectivity index (χ0n) is 8.47. The fraction of sp³-hybridized carbons (Fsp3) is 0.875. The molecule has 2 N–H and O–H groups in total. The van der Waals surface area contributed by atoms with Gasteiger partial charge in [-0.1, -0.05) is 0 Å². The van der Waals surface area contributed by atoms with Gasteiger partial charge in [-0.05, 0) is 7.05 Å². The molecule has 0 fully saturated rings. The molecule has 0 radical (unpaired) electrons. The Bertz CT molecular complexity index is 197.